The van der Waals surface area contributed by atoms with Crippen molar-refractivity contribution in [3.05, 3.63) is 0 Å². The van der Waals surface area contributed by atoms with Crippen LogP contribution in [0.3, 0.4) is 0 Å². The minimum absolute atomic E-state index is 0.262. The minimum Gasteiger partial charge on any atom is -0.312 e. The Balaban J connectivity index is 3.84. The highest BCUT2D eigenvalue weighted by Gasteiger charge is 2.16. The topological polar surface area (TPSA) is 12.0 Å². The fourth-order valence-corrected chi connectivity index (χ4v) is 1.76. The molecule has 0 rings (SSSR count). The largest absolute Gasteiger partial charge is 0.312 e. The lowest BCUT2D eigenvalue weighted by molar-refractivity contribution is 0.292. The monoisotopic (exact) mass is 213 g/mol. The lowest BCUT2D eigenvalue weighted by Crippen LogP contribution is -2.40. The highest BCUT2D eigenvalue weighted by Crippen LogP contribution is 2.18. The van der Waals surface area contributed by atoms with Crippen LogP contribution in [0.25, 0.3) is 0 Å². The van der Waals surface area contributed by atoms with Gasteiger partial charge in [0.25, 0.3) is 0 Å². The van der Waals surface area contributed by atoms with Gasteiger partial charge in [-0.15, -0.1) is 0 Å². The smallest absolute Gasteiger partial charge is 0.00966 e. The number of hydrogen-bond donors (Lipinski definition) is 1. The Labute approximate surface area is 97.0 Å². The summed E-state index contributed by atoms with van der Waals surface area (Å²) >= 11 is 0. The van der Waals surface area contributed by atoms with Gasteiger partial charge in [-0.05, 0) is 45.6 Å². The highest BCUT2D eigenvalue weighted by molar-refractivity contribution is 4.74. The van der Waals surface area contributed by atoms with Crippen molar-refractivity contribution in [2.45, 2.75) is 72.8 Å². The number of nitrogens with one attached hydrogen (secondary N) is 1. The van der Waals surface area contributed by atoms with Crippen molar-refractivity contribution in [1.82, 2.24) is 5.32 Å². The van der Waals surface area contributed by atoms with Crippen molar-refractivity contribution >= 4 is 0 Å². The number of rotatable bonds is 7. The molecule has 0 aromatic heterocycles. The Morgan fingerprint density at radius 3 is 2.07 bits per heavy atom. The molecule has 1 nitrogen and oxygen atoms in total. The van der Waals surface area contributed by atoms with E-state index in [1.165, 1.54) is 32.2 Å². The zero-order valence-corrected chi connectivity index (χ0v) is 11.7. The second-order valence-electron chi connectivity index (χ2n) is 6.13. The van der Waals surface area contributed by atoms with Crippen LogP contribution in [0.4, 0.5) is 0 Å². The first kappa shape index (κ1) is 15.0. The summed E-state index contributed by atoms with van der Waals surface area (Å²) in [4.78, 5) is 0. The van der Waals surface area contributed by atoms with Gasteiger partial charge in [-0.25, -0.2) is 0 Å². The molecule has 0 saturated carbocycles. The Morgan fingerprint density at radius 1 is 1.07 bits per heavy atom. The van der Waals surface area contributed by atoms with Crippen molar-refractivity contribution < 1.29 is 0 Å². The average molecular weight is 213 g/mol. The van der Waals surface area contributed by atoms with E-state index in [4.69, 9.17) is 0 Å². The van der Waals surface area contributed by atoms with Gasteiger partial charge in [0.15, 0.2) is 0 Å². The summed E-state index contributed by atoms with van der Waals surface area (Å²) in [5.41, 5.74) is 0.262. The number of hydrogen-bond acceptors (Lipinski definition) is 1. The molecule has 0 amide bonds. The molecule has 0 radical (unpaired) electrons. The van der Waals surface area contributed by atoms with Crippen molar-refractivity contribution in [1.29, 1.82) is 0 Å². The maximum Gasteiger partial charge on any atom is 0.00966 e. The standard InChI is InChI=1S/C14H31N/c1-7-8-9-10-13(12(2)3)11-15-14(4,5)6/h12-13,15H,7-11H2,1-6H3. The first-order valence-electron chi connectivity index (χ1n) is 6.62. The van der Waals surface area contributed by atoms with Crippen LogP contribution in [-0.4, -0.2) is 12.1 Å². The van der Waals surface area contributed by atoms with E-state index in [-0.39, 0.29) is 5.54 Å². The van der Waals surface area contributed by atoms with E-state index in [0.29, 0.717) is 0 Å². The molecule has 0 heterocycles. The molecule has 1 heteroatoms. The predicted molar refractivity (Wildman–Crippen MR) is 70.2 cm³/mol. The average Bonchev–Trinajstić information content (AvgIpc) is 2.08. The van der Waals surface area contributed by atoms with Crippen molar-refractivity contribution in [2.75, 3.05) is 6.54 Å². The summed E-state index contributed by atoms with van der Waals surface area (Å²) in [7, 11) is 0. The highest BCUT2D eigenvalue weighted by atomic mass is 14.9. The van der Waals surface area contributed by atoms with Gasteiger partial charge in [-0.3, -0.25) is 0 Å². The summed E-state index contributed by atoms with van der Waals surface area (Å²) in [6, 6.07) is 0. The van der Waals surface area contributed by atoms with E-state index in [2.05, 4.69) is 46.9 Å². The molecule has 1 atom stereocenters. The molecular weight excluding hydrogens is 182 g/mol. The van der Waals surface area contributed by atoms with E-state index < -0.39 is 0 Å². The molecule has 92 valence electrons. The third kappa shape index (κ3) is 8.92. The van der Waals surface area contributed by atoms with Gasteiger partial charge in [0.1, 0.15) is 0 Å². The second kappa shape index (κ2) is 7.27. The molecule has 0 aliphatic carbocycles. The molecule has 15 heavy (non-hydrogen) atoms. The van der Waals surface area contributed by atoms with E-state index in [0.717, 1.165) is 11.8 Å². The first-order valence-corrected chi connectivity index (χ1v) is 6.62. The van der Waals surface area contributed by atoms with Gasteiger partial charge in [0, 0.05) is 5.54 Å². The molecule has 0 saturated heterocycles. The normalized spacial score (nSPS) is 14.6. The predicted octanol–water partition coefficient (Wildman–Crippen LogP) is 4.23. The second-order valence-corrected chi connectivity index (χ2v) is 6.13. The lowest BCUT2D eigenvalue weighted by Gasteiger charge is -2.27. The Bertz CT molecular complexity index is 144. The molecule has 0 spiro atoms. The Hall–Kier alpha value is -0.0400. The third-order valence-corrected chi connectivity index (χ3v) is 3.02. The fourth-order valence-electron chi connectivity index (χ4n) is 1.76. The maximum atomic E-state index is 3.63. The van der Waals surface area contributed by atoms with Gasteiger partial charge in [0.05, 0.1) is 0 Å². The van der Waals surface area contributed by atoms with Crippen LogP contribution in [0.1, 0.15) is 67.2 Å². The molecule has 0 aromatic rings. The van der Waals surface area contributed by atoms with E-state index in [1.54, 1.807) is 0 Å². The molecule has 0 aliphatic rings. The molecule has 0 fully saturated rings. The first-order chi connectivity index (χ1) is 6.87. The van der Waals surface area contributed by atoms with Crippen LogP contribution in [0, 0.1) is 11.8 Å². The summed E-state index contributed by atoms with van der Waals surface area (Å²) in [6.07, 6.45) is 5.50. The van der Waals surface area contributed by atoms with Crippen LogP contribution in [0.2, 0.25) is 0 Å². The van der Waals surface area contributed by atoms with Gasteiger partial charge >= 0.3 is 0 Å². The van der Waals surface area contributed by atoms with E-state index >= 15 is 0 Å². The molecule has 0 bridgehead atoms. The summed E-state index contributed by atoms with van der Waals surface area (Å²) in [6.45, 7) is 14.9. The van der Waals surface area contributed by atoms with Crippen LogP contribution < -0.4 is 5.32 Å². The quantitative estimate of drug-likeness (QED) is 0.624. The molecule has 1 unspecified atom stereocenters. The van der Waals surface area contributed by atoms with Gasteiger partial charge in [0.2, 0.25) is 0 Å². The van der Waals surface area contributed by atoms with Crippen molar-refractivity contribution in [3.63, 3.8) is 0 Å². The van der Waals surface area contributed by atoms with Crippen LogP contribution in [0.15, 0.2) is 0 Å². The van der Waals surface area contributed by atoms with Gasteiger partial charge < -0.3 is 5.32 Å². The van der Waals surface area contributed by atoms with Crippen LogP contribution in [0.5, 0.6) is 0 Å². The van der Waals surface area contributed by atoms with E-state index in [1.807, 2.05) is 0 Å². The zero-order chi connectivity index (χ0) is 11.9. The van der Waals surface area contributed by atoms with Crippen LogP contribution in [-0.2, 0) is 0 Å². The SMILES string of the molecule is CCCCCC(CNC(C)(C)C)C(C)C. The van der Waals surface area contributed by atoms with E-state index in [9.17, 15) is 0 Å². The molecular formula is C14H31N. The summed E-state index contributed by atoms with van der Waals surface area (Å²) in [5.74, 6) is 1.65. The van der Waals surface area contributed by atoms with Crippen LogP contribution >= 0.6 is 0 Å². The lowest BCUT2D eigenvalue weighted by atomic mass is 9.89. The maximum absolute atomic E-state index is 3.63. The number of unbranched alkanes of at least 4 members (excludes halogenated alkanes) is 2. The van der Waals surface area contributed by atoms with Crippen molar-refractivity contribution in [3.8, 4) is 0 Å². The molecule has 0 aromatic carbocycles. The summed E-state index contributed by atoms with van der Waals surface area (Å²) < 4.78 is 0. The Morgan fingerprint density at radius 2 is 1.67 bits per heavy atom. The van der Waals surface area contributed by atoms with Gasteiger partial charge in [-0.1, -0.05) is 40.0 Å². The third-order valence-electron chi connectivity index (χ3n) is 3.02. The molecule has 1 N–H and O–H groups in total. The van der Waals surface area contributed by atoms with Gasteiger partial charge in [-0.2, -0.15) is 0 Å². The Kier molecular flexibility index (Phi) is 7.25. The van der Waals surface area contributed by atoms with Crippen molar-refractivity contribution in [2.24, 2.45) is 11.8 Å². The fraction of sp³-hybridized carbons (Fsp3) is 1.00. The molecule has 0 aliphatic heterocycles. The zero-order valence-electron chi connectivity index (χ0n) is 11.7. The summed E-state index contributed by atoms with van der Waals surface area (Å²) in [5, 5.41) is 3.63. The minimum atomic E-state index is 0.262.